The Kier molecular flexibility index (Phi) is 1.84. The molecule has 0 amide bonds. The van der Waals surface area contributed by atoms with Gasteiger partial charge in [-0.25, -0.2) is 0 Å². The highest BCUT2D eigenvalue weighted by molar-refractivity contribution is 14.1. The van der Waals surface area contributed by atoms with Crippen LogP contribution in [-0.2, 0) is 0 Å². The van der Waals surface area contributed by atoms with Crippen molar-refractivity contribution in [2.75, 3.05) is 0 Å². The summed E-state index contributed by atoms with van der Waals surface area (Å²) in [7, 11) is 0. The number of H-pyrrole nitrogens is 1. The number of aromatic nitrogens is 2. The van der Waals surface area contributed by atoms with E-state index in [1.165, 1.54) is 0 Å². The van der Waals surface area contributed by atoms with E-state index in [-0.39, 0.29) is 0 Å². The molecule has 0 saturated carbocycles. The summed E-state index contributed by atoms with van der Waals surface area (Å²) in [5.74, 6) is 0. The van der Waals surface area contributed by atoms with Crippen molar-refractivity contribution in [1.29, 1.82) is 0 Å². The first kappa shape index (κ1) is 7.72. The van der Waals surface area contributed by atoms with Gasteiger partial charge in [-0.1, -0.05) is 0 Å². The van der Waals surface area contributed by atoms with Crippen LogP contribution in [0.15, 0.2) is 18.5 Å². The summed E-state index contributed by atoms with van der Waals surface area (Å²) in [6.07, 6.45) is 4.26. The smallest absolute Gasteiger partial charge is 0.170 e. The van der Waals surface area contributed by atoms with E-state index in [1.807, 2.05) is 12.3 Å². The fourth-order valence-corrected chi connectivity index (χ4v) is 1.74. The first-order valence-electron chi connectivity index (χ1n) is 3.39. The van der Waals surface area contributed by atoms with Crippen molar-refractivity contribution in [2.45, 2.75) is 0 Å². The first-order valence-corrected chi connectivity index (χ1v) is 4.47. The average molecular weight is 272 g/mol. The molecular formula is C8H5IN2O. The number of aromatic amines is 1. The largest absolute Gasteiger partial charge is 0.358 e. The van der Waals surface area contributed by atoms with Gasteiger partial charge in [-0.2, -0.15) is 0 Å². The molecule has 0 aliphatic carbocycles. The van der Waals surface area contributed by atoms with Crippen LogP contribution in [0.1, 0.15) is 10.5 Å². The van der Waals surface area contributed by atoms with E-state index < -0.39 is 0 Å². The van der Waals surface area contributed by atoms with Crippen LogP contribution in [0.5, 0.6) is 0 Å². The number of rotatable bonds is 1. The Morgan fingerprint density at radius 2 is 2.42 bits per heavy atom. The molecule has 4 heteroatoms. The number of halogens is 1. The number of fused-ring (bicyclic) bond motifs is 1. The molecule has 0 unspecified atom stereocenters. The number of hydrogen-bond acceptors (Lipinski definition) is 2. The average Bonchev–Trinajstić information content (AvgIpc) is 2.48. The highest BCUT2D eigenvalue weighted by atomic mass is 127. The van der Waals surface area contributed by atoms with Crippen molar-refractivity contribution in [3.05, 3.63) is 27.7 Å². The Morgan fingerprint density at radius 3 is 3.17 bits per heavy atom. The summed E-state index contributed by atoms with van der Waals surface area (Å²) in [5, 5.41) is 1.05. The van der Waals surface area contributed by atoms with E-state index in [0.717, 1.165) is 20.8 Å². The van der Waals surface area contributed by atoms with Crippen LogP contribution < -0.4 is 0 Å². The normalized spacial score (nSPS) is 10.4. The number of aldehydes is 1. The third kappa shape index (κ3) is 1.03. The Bertz CT molecular complexity index is 436. The van der Waals surface area contributed by atoms with Crippen molar-refractivity contribution >= 4 is 39.8 Å². The van der Waals surface area contributed by atoms with Crippen molar-refractivity contribution in [1.82, 2.24) is 9.97 Å². The lowest BCUT2D eigenvalue weighted by molar-refractivity contribution is 0.112. The molecule has 12 heavy (non-hydrogen) atoms. The summed E-state index contributed by atoms with van der Waals surface area (Å²) >= 11 is 2.21. The topological polar surface area (TPSA) is 45.8 Å². The number of hydrogen-bond donors (Lipinski definition) is 1. The summed E-state index contributed by atoms with van der Waals surface area (Å²) < 4.78 is 1.10. The molecule has 0 aliphatic rings. The van der Waals surface area contributed by atoms with E-state index in [4.69, 9.17) is 0 Å². The van der Waals surface area contributed by atoms with E-state index in [9.17, 15) is 4.79 Å². The second kappa shape index (κ2) is 2.85. The number of nitrogens with one attached hydrogen (secondary N) is 1. The van der Waals surface area contributed by atoms with Crippen LogP contribution in [0.4, 0.5) is 0 Å². The number of carbonyl (C=O) groups excluding carboxylic acids is 1. The summed E-state index contributed by atoms with van der Waals surface area (Å²) in [4.78, 5) is 17.5. The third-order valence-electron chi connectivity index (χ3n) is 1.69. The lowest BCUT2D eigenvalue weighted by atomic mass is 10.3. The van der Waals surface area contributed by atoms with E-state index >= 15 is 0 Å². The SMILES string of the molecule is O=Cc1nccc2c(I)c[nH]c12. The standard InChI is InChI=1S/C8H5IN2O/c9-6-3-11-8-5(6)1-2-10-7(8)4-12/h1-4,11H. The van der Waals surface area contributed by atoms with Gasteiger partial charge < -0.3 is 4.98 Å². The van der Waals surface area contributed by atoms with Gasteiger partial charge in [-0.05, 0) is 28.7 Å². The molecule has 0 fully saturated rings. The maximum Gasteiger partial charge on any atom is 0.170 e. The minimum absolute atomic E-state index is 0.468. The van der Waals surface area contributed by atoms with Crippen LogP contribution in [0.3, 0.4) is 0 Å². The monoisotopic (exact) mass is 272 g/mol. The highest BCUT2D eigenvalue weighted by Crippen LogP contribution is 2.20. The number of pyridine rings is 1. The predicted octanol–water partition coefficient (Wildman–Crippen LogP) is 1.98. The first-order chi connectivity index (χ1) is 5.83. The molecule has 0 atom stereocenters. The van der Waals surface area contributed by atoms with Gasteiger partial charge in [-0.3, -0.25) is 9.78 Å². The summed E-state index contributed by atoms with van der Waals surface area (Å²) in [6.45, 7) is 0. The molecular weight excluding hydrogens is 267 g/mol. The maximum atomic E-state index is 10.5. The molecule has 3 nitrogen and oxygen atoms in total. The molecule has 2 rings (SSSR count). The third-order valence-corrected chi connectivity index (χ3v) is 2.58. The van der Waals surface area contributed by atoms with Crippen molar-refractivity contribution < 1.29 is 4.79 Å². The van der Waals surface area contributed by atoms with Crippen LogP contribution in [0.25, 0.3) is 10.9 Å². The van der Waals surface area contributed by atoms with Crippen molar-refractivity contribution in [2.24, 2.45) is 0 Å². The molecule has 0 aromatic carbocycles. The van der Waals surface area contributed by atoms with Gasteiger partial charge in [0.05, 0.1) is 5.52 Å². The minimum atomic E-state index is 0.468. The summed E-state index contributed by atoms with van der Waals surface area (Å²) in [6, 6.07) is 1.89. The second-order valence-electron chi connectivity index (χ2n) is 2.37. The highest BCUT2D eigenvalue weighted by Gasteiger charge is 2.04. The van der Waals surface area contributed by atoms with Crippen LogP contribution in [-0.4, -0.2) is 16.3 Å². The number of carbonyl (C=O) groups is 1. The lowest BCUT2D eigenvalue weighted by Crippen LogP contribution is -1.86. The quantitative estimate of drug-likeness (QED) is 0.637. The van der Waals surface area contributed by atoms with Crippen molar-refractivity contribution in [3.8, 4) is 0 Å². The van der Waals surface area contributed by atoms with Gasteiger partial charge in [0.2, 0.25) is 0 Å². The zero-order valence-corrected chi connectivity index (χ0v) is 8.20. The number of nitrogens with zero attached hydrogens (tertiary/aromatic N) is 1. The molecule has 60 valence electrons. The molecule has 0 radical (unpaired) electrons. The molecule has 2 heterocycles. The van der Waals surface area contributed by atoms with Crippen LogP contribution in [0.2, 0.25) is 0 Å². The molecule has 2 aromatic rings. The predicted molar refractivity (Wildman–Crippen MR) is 54.2 cm³/mol. The zero-order chi connectivity index (χ0) is 8.55. The second-order valence-corrected chi connectivity index (χ2v) is 3.54. The van der Waals surface area contributed by atoms with Crippen molar-refractivity contribution in [3.63, 3.8) is 0 Å². The zero-order valence-electron chi connectivity index (χ0n) is 6.04. The Hall–Kier alpha value is -0.910. The van der Waals surface area contributed by atoms with E-state index in [2.05, 4.69) is 32.6 Å². The van der Waals surface area contributed by atoms with Crippen LogP contribution >= 0.6 is 22.6 Å². The molecule has 2 aromatic heterocycles. The maximum absolute atomic E-state index is 10.5. The molecule has 0 bridgehead atoms. The lowest BCUT2D eigenvalue weighted by Gasteiger charge is -1.91. The molecule has 1 N–H and O–H groups in total. The molecule has 0 aliphatic heterocycles. The van der Waals surface area contributed by atoms with Crippen LogP contribution in [0, 0.1) is 3.57 Å². The Morgan fingerprint density at radius 1 is 1.58 bits per heavy atom. The Labute approximate surface area is 82.3 Å². The van der Waals surface area contributed by atoms with E-state index in [1.54, 1.807) is 6.20 Å². The van der Waals surface area contributed by atoms with Gasteiger partial charge in [0, 0.05) is 21.4 Å². The minimum Gasteiger partial charge on any atom is -0.358 e. The fourth-order valence-electron chi connectivity index (χ4n) is 1.13. The van der Waals surface area contributed by atoms with Gasteiger partial charge in [0.15, 0.2) is 6.29 Å². The van der Waals surface area contributed by atoms with Gasteiger partial charge in [0.1, 0.15) is 5.69 Å². The fraction of sp³-hybridized carbons (Fsp3) is 0. The summed E-state index contributed by atoms with van der Waals surface area (Å²) in [5.41, 5.74) is 1.28. The van der Waals surface area contributed by atoms with E-state index in [0.29, 0.717) is 5.69 Å². The van der Waals surface area contributed by atoms with Gasteiger partial charge in [0.25, 0.3) is 0 Å². The Balaban J connectivity index is 2.89. The molecule has 0 spiro atoms. The molecule has 0 saturated heterocycles. The van der Waals surface area contributed by atoms with Gasteiger partial charge >= 0.3 is 0 Å². The van der Waals surface area contributed by atoms with Gasteiger partial charge in [-0.15, -0.1) is 0 Å².